The van der Waals surface area contributed by atoms with Crippen LogP contribution in [0.25, 0.3) is 0 Å². The Hall–Kier alpha value is -1.05. The van der Waals surface area contributed by atoms with Crippen LogP contribution >= 0.6 is 0 Å². The van der Waals surface area contributed by atoms with Gasteiger partial charge in [-0.25, -0.2) is 0 Å². The average molecular weight is 123 g/mol. The molecule has 1 aliphatic carbocycles. The van der Waals surface area contributed by atoms with E-state index in [2.05, 4.69) is 11.9 Å². The first-order chi connectivity index (χ1) is 4.20. The topological polar surface area (TPSA) is 29.1 Å². The van der Waals surface area contributed by atoms with Crippen LogP contribution in [0.2, 0.25) is 0 Å². The number of carbonyl (C=O) groups excluding carboxylic acids is 1. The lowest BCUT2D eigenvalue weighted by Gasteiger charge is -1.96. The maximum atomic E-state index is 10.7. The van der Waals surface area contributed by atoms with E-state index in [0.29, 0.717) is 5.57 Å². The third-order valence-electron chi connectivity index (χ3n) is 1.07. The maximum Gasteiger partial charge on any atom is 0.250 e. The zero-order valence-corrected chi connectivity index (χ0v) is 5.40. The molecule has 0 fully saturated rings. The Balaban J connectivity index is 2.34. The van der Waals surface area contributed by atoms with Crippen molar-refractivity contribution in [3.8, 4) is 0 Å². The van der Waals surface area contributed by atoms with E-state index in [4.69, 9.17) is 0 Å². The van der Waals surface area contributed by atoms with Crippen molar-refractivity contribution in [1.82, 2.24) is 5.32 Å². The van der Waals surface area contributed by atoms with Gasteiger partial charge in [0.2, 0.25) is 5.91 Å². The van der Waals surface area contributed by atoms with Crippen LogP contribution in [0.4, 0.5) is 0 Å². The highest BCUT2D eigenvalue weighted by molar-refractivity contribution is 5.93. The van der Waals surface area contributed by atoms with E-state index in [1.165, 1.54) is 0 Å². The van der Waals surface area contributed by atoms with Gasteiger partial charge in [0.15, 0.2) is 0 Å². The van der Waals surface area contributed by atoms with E-state index < -0.39 is 0 Å². The molecule has 0 saturated heterocycles. The van der Waals surface area contributed by atoms with Gasteiger partial charge in [0.1, 0.15) is 0 Å². The van der Waals surface area contributed by atoms with Gasteiger partial charge >= 0.3 is 0 Å². The molecular weight excluding hydrogens is 114 g/mol. The molecule has 1 N–H and O–H groups in total. The van der Waals surface area contributed by atoms with Gasteiger partial charge in [-0.1, -0.05) is 12.7 Å². The predicted molar refractivity (Wildman–Crippen MR) is 35.7 cm³/mol. The molecule has 1 rings (SSSR count). The summed E-state index contributed by atoms with van der Waals surface area (Å²) >= 11 is 0. The van der Waals surface area contributed by atoms with Crippen LogP contribution in [0.3, 0.4) is 0 Å². The number of allylic oxidation sites excluding steroid dienone is 2. The third-order valence-corrected chi connectivity index (χ3v) is 1.07. The van der Waals surface area contributed by atoms with Crippen molar-refractivity contribution in [3.05, 3.63) is 23.9 Å². The normalized spacial score (nSPS) is 14.1. The zero-order chi connectivity index (χ0) is 6.85. The minimum Gasteiger partial charge on any atom is -0.326 e. The van der Waals surface area contributed by atoms with Crippen LogP contribution in [0, 0.1) is 0 Å². The van der Waals surface area contributed by atoms with E-state index in [0.717, 1.165) is 12.1 Å². The van der Waals surface area contributed by atoms with E-state index in [-0.39, 0.29) is 5.91 Å². The van der Waals surface area contributed by atoms with Gasteiger partial charge in [-0.05, 0) is 6.92 Å². The highest BCUT2D eigenvalue weighted by Crippen LogP contribution is 2.13. The number of carbonyl (C=O) groups is 1. The van der Waals surface area contributed by atoms with Crippen LogP contribution in [-0.2, 0) is 4.79 Å². The monoisotopic (exact) mass is 123 g/mol. The van der Waals surface area contributed by atoms with Crippen LogP contribution < -0.4 is 5.32 Å². The minimum absolute atomic E-state index is 0.0706. The second-order valence-corrected chi connectivity index (χ2v) is 2.17. The molecule has 1 amide bonds. The quantitative estimate of drug-likeness (QED) is 0.544. The second-order valence-electron chi connectivity index (χ2n) is 2.17. The molecule has 2 nitrogen and oxygen atoms in total. The maximum absolute atomic E-state index is 10.7. The summed E-state index contributed by atoms with van der Waals surface area (Å²) in [5, 5.41) is 2.68. The van der Waals surface area contributed by atoms with Crippen LogP contribution in [0.5, 0.6) is 0 Å². The standard InChI is InChI=1S/C7H9NO/c1-5(2)7(9)8-6-3-4-6/h3H,1,4H2,2H3,(H,8,9). The summed E-state index contributed by atoms with van der Waals surface area (Å²) in [5.41, 5.74) is 1.57. The predicted octanol–water partition coefficient (Wildman–Crippen LogP) is 0.966. The molecule has 9 heavy (non-hydrogen) atoms. The lowest BCUT2D eigenvalue weighted by molar-refractivity contribution is -0.116. The SMILES string of the molecule is C=C(C)C(=O)NC1=CC1. The van der Waals surface area contributed by atoms with Crippen LogP contribution in [0.15, 0.2) is 23.9 Å². The van der Waals surface area contributed by atoms with Crippen molar-refractivity contribution in [1.29, 1.82) is 0 Å². The van der Waals surface area contributed by atoms with E-state index in [9.17, 15) is 4.79 Å². The summed E-state index contributed by atoms with van der Waals surface area (Å²) in [6, 6.07) is 0. The van der Waals surface area contributed by atoms with Crippen molar-refractivity contribution in [2.75, 3.05) is 0 Å². The summed E-state index contributed by atoms with van der Waals surface area (Å²) in [4.78, 5) is 10.7. The van der Waals surface area contributed by atoms with Crippen molar-refractivity contribution < 1.29 is 4.79 Å². The summed E-state index contributed by atoms with van der Waals surface area (Å²) in [7, 11) is 0. The molecule has 0 atom stereocenters. The minimum atomic E-state index is -0.0706. The molecule has 0 bridgehead atoms. The molecule has 2 heteroatoms. The van der Waals surface area contributed by atoms with Crippen molar-refractivity contribution >= 4 is 5.91 Å². The Kier molecular flexibility index (Phi) is 1.39. The highest BCUT2D eigenvalue weighted by atomic mass is 16.1. The number of nitrogens with one attached hydrogen (secondary N) is 1. The van der Waals surface area contributed by atoms with Crippen molar-refractivity contribution in [3.63, 3.8) is 0 Å². The zero-order valence-electron chi connectivity index (χ0n) is 5.40. The third kappa shape index (κ3) is 1.72. The van der Waals surface area contributed by atoms with Crippen LogP contribution in [0.1, 0.15) is 13.3 Å². The molecule has 0 radical (unpaired) electrons. The first-order valence-electron chi connectivity index (χ1n) is 2.86. The average Bonchev–Trinajstić information content (AvgIpc) is 2.50. The number of rotatable bonds is 2. The summed E-state index contributed by atoms with van der Waals surface area (Å²) in [5.74, 6) is -0.0706. The molecule has 0 aliphatic heterocycles. The van der Waals surface area contributed by atoms with E-state index in [1.54, 1.807) is 6.92 Å². The van der Waals surface area contributed by atoms with Crippen molar-refractivity contribution in [2.45, 2.75) is 13.3 Å². The fraction of sp³-hybridized carbons (Fsp3) is 0.286. The fourth-order valence-corrected chi connectivity index (χ4v) is 0.406. The smallest absolute Gasteiger partial charge is 0.250 e. The summed E-state index contributed by atoms with van der Waals surface area (Å²) in [6.07, 6.45) is 2.89. The van der Waals surface area contributed by atoms with E-state index in [1.807, 2.05) is 6.08 Å². The van der Waals surface area contributed by atoms with Gasteiger partial charge in [-0.15, -0.1) is 0 Å². The van der Waals surface area contributed by atoms with Gasteiger partial charge < -0.3 is 5.32 Å². The molecule has 0 unspecified atom stereocenters. The summed E-state index contributed by atoms with van der Waals surface area (Å²) < 4.78 is 0. The number of hydrogen-bond donors (Lipinski definition) is 1. The Morgan fingerprint density at radius 2 is 2.44 bits per heavy atom. The molecular formula is C7H9NO. The first-order valence-corrected chi connectivity index (χ1v) is 2.86. The molecule has 0 spiro atoms. The second kappa shape index (κ2) is 2.05. The lowest BCUT2D eigenvalue weighted by Crippen LogP contribution is -2.18. The van der Waals surface area contributed by atoms with Gasteiger partial charge in [-0.3, -0.25) is 4.79 Å². The largest absolute Gasteiger partial charge is 0.326 e. The first kappa shape index (κ1) is 6.08. The van der Waals surface area contributed by atoms with Crippen LogP contribution in [-0.4, -0.2) is 5.91 Å². The summed E-state index contributed by atoms with van der Waals surface area (Å²) in [6.45, 7) is 5.19. The Morgan fingerprint density at radius 1 is 1.89 bits per heavy atom. The molecule has 0 saturated carbocycles. The molecule has 48 valence electrons. The number of amides is 1. The van der Waals surface area contributed by atoms with Gasteiger partial charge in [0.05, 0.1) is 0 Å². The Bertz CT molecular complexity index is 191. The van der Waals surface area contributed by atoms with Crippen molar-refractivity contribution in [2.24, 2.45) is 0 Å². The van der Waals surface area contributed by atoms with Gasteiger partial charge in [0.25, 0.3) is 0 Å². The molecule has 0 aromatic heterocycles. The highest BCUT2D eigenvalue weighted by Gasteiger charge is 2.10. The molecule has 1 aliphatic rings. The lowest BCUT2D eigenvalue weighted by atomic mass is 10.3. The molecule has 0 heterocycles. The fourth-order valence-electron chi connectivity index (χ4n) is 0.406. The molecule has 0 aromatic rings. The van der Waals surface area contributed by atoms with E-state index >= 15 is 0 Å². The Labute approximate surface area is 54.3 Å². The molecule has 0 aromatic carbocycles. The number of hydrogen-bond acceptors (Lipinski definition) is 1. The van der Waals surface area contributed by atoms with Gasteiger partial charge in [-0.2, -0.15) is 0 Å². The Morgan fingerprint density at radius 3 is 2.78 bits per heavy atom. The van der Waals surface area contributed by atoms with Gasteiger partial charge in [0, 0.05) is 17.7 Å².